The summed E-state index contributed by atoms with van der Waals surface area (Å²) in [7, 11) is 1.51. The van der Waals surface area contributed by atoms with Crippen molar-refractivity contribution in [1.82, 2.24) is 9.97 Å². The number of methoxy groups -OCH3 is 1. The number of nitrogens with zero attached hydrogens (tertiary/aromatic N) is 3. The minimum Gasteiger partial charge on any atom is -0.490 e. The molecule has 0 aromatic carbocycles. The molecular formula is C9H7N3OS. The second kappa shape index (κ2) is 3.24. The highest BCUT2D eigenvalue weighted by Gasteiger charge is 2.14. The number of aromatic nitrogens is 2. The zero-order valence-electron chi connectivity index (χ0n) is 7.74. The number of pyridine rings is 1. The Morgan fingerprint density at radius 1 is 1.57 bits per heavy atom. The molecule has 0 saturated heterocycles. The summed E-state index contributed by atoms with van der Waals surface area (Å²) < 4.78 is 5.99. The van der Waals surface area contributed by atoms with Crippen LogP contribution >= 0.6 is 11.3 Å². The molecule has 0 aliphatic rings. The maximum atomic E-state index is 7.05. The van der Waals surface area contributed by atoms with Gasteiger partial charge in [-0.15, -0.1) is 11.3 Å². The fourth-order valence-corrected chi connectivity index (χ4v) is 2.01. The molecule has 2 rings (SSSR count). The molecule has 2 heterocycles. The van der Waals surface area contributed by atoms with Crippen LogP contribution in [0.15, 0.2) is 5.51 Å². The molecule has 0 atom stereocenters. The SMILES string of the molecule is [C-]#[N+]c1c(OC)nc(C)c2scnc12. The van der Waals surface area contributed by atoms with Crippen LogP contribution in [-0.4, -0.2) is 17.1 Å². The van der Waals surface area contributed by atoms with Crippen LogP contribution in [0.25, 0.3) is 15.1 Å². The van der Waals surface area contributed by atoms with Gasteiger partial charge in [0.25, 0.3) is 5.69 Å². The van der Waals surface area contributed by atoms with Gasteiger partial charge in [-0.05, 0) is 6.92 Å². The van der Waals surface area contributed by atoms with E-state index in [1.54, 1.807) is 5.51 Å². The van der Waals surface area contributed by atoms with Crippen molar-refractivity contribution < 1.29 is 4.74 Å². The van der Waals surface area contributed by atoms with Crippen molar-refractivity contribution in [2.45, 2.75) is 6.92 Å². The summed E-state index contributed by atoms with van der Waals surface area (Å²) in [6.45, 7) is 8.93. The quantitative estimate of drug-likeness (QED) is 0.671. The van der Waals surface area contributed by atoms with Crippen molar-refractivity contribution in [1.29, 1.82) is 0 Å². The van der Waals surface area contributed by atoms with E-state index in [9.17, 15) is 0 Å². The second-order valence-corrected chi connectivity index (χ2v) is 3.55. The predicted octanol–water partition coefficient (Wildman–Crippen LogP) is 2.56. The van der Waals surface area contributed by atoms with Gasteiger partial charge >= 0.3 is 0 Å². The third-order valence-electron chi connectivity index (χ3n) is 1.90. The Bertz CT molecular complexity index is 527. The maximum Gasteiger partial charge on any atom is 0.273 e. The van der Waals surface area contributed by atoms with Crippen molar-refractivity contribution in [3.63, 3.8) is 0 Å². The molecule has 0 fully saturated rings. The average Bonchev–Trinajstić information content (AvgIpc) is 2.66. The number of ether oxygens (including phenoxy) is 1. The molecule has 2 aromatic heterocycles. The van der Waals surface area contributed by atoms with Crippen molar-refractivity contribution in [2.75, 3.05) is 7.11 Å². The zero-order chi connectivity index (χ0) is 10.1. The molecule has 4 nitrogen and oxygen atoms in total. The van der Waals surface area contributed by atoms with E-state index in [4.69, 9.17) is 11.3 Å². The first kappa shape index (κ1) is 8.91. The number of hydrogen-bond acceptors (Lipinski definition) is 4. The molecule has 0 aliphatic heterocycles. The predicted molar refractivity (Wildman–Crippen MR) is 55.0 cm³/mol. The molecule has 0 bridgehead atoms. The molecule has 14 heavy (non-hydrogen) atoms. The number of rotatable bonds is 1. The van der Waals surface area contributed by atoms with E-state index in [2.05, 4.69) is 14.8 Å². The fraction of sp³-hybridized carbons (Fsp3) is 0.222. The Morgan fingerprint density at radius 3 is 3.00 bits per heavy atom. The van der Waals surface area contributed by atoms with Crippen LogP contribution in [0, 0.1) is 13.5 Å². The van der Waals surface area contributed by atoms with E-state index in [1.165, 1.54) is 18.4 Å². The largest absolute Gasteiger partial charge is 0.490 e. The average molecular weight is 205 g/mol. The molecule has 0 aliphatic carbocycles. The topological polar surface area (TPSA) is 39.4 Å². The highest BCUT2D eigenvalue weighted by molar-refractivity contribution is 7.17. The molecule has 70 valence electrons. The van der Waals surface area contributed by atoms with E-state index in [1.807, 2.05) is 6.92 Å². The van der Waals surface area contributed by atoms with E-state index in [0.717, 1.165) is 10.4 Å². The highest BCUT2D eigenvalue weighted by Crippen LogP contribution is 2.36. The van der Waals surface area contributed by atoms with E-state index >= 15 is 0 Å². The first-order valence-electron chi connectivity index (χ1n) is 3.93. The summed E-state index contributed by atoms with van der Waals surface area (Å²) >= 11 is 1.49. The monoisotopic (exact) mass is 205 g/mol. The van der Waals surface area contributed by atoms with Crippen molar-refractivity contribution in [3.8, 4) is 5.88 Å². The number of hydrogen-bond donors (Lipinski definition) is 0. The molecule has 2 aromatic rings. The lowest BCUT2D eigenvalue weighted by Gasteiger charge is -2.03. The van der Waals surface area contributed by atoms with Crippen LogP contribution in [0.5, 0.6) is 5.88 Å². The van der Waals surface area contributed by atoms with Crippen LogP contribution in [0.1, 0.15) is 5.69 Å². The van der Waals surface area contributed by atoms with Crippen molar-refractivity contribution in [3.05, 3.63) is 22.6 Å². The molecule has 0 spiro atoms. The second-order valence-electron chi connectivity index (χ2n) is 2.70. The zero-order valence-corrected chi connectivity index (χ0v) is 8.55. The first-order valence-corrected chi connectivity index (χ1v) is 4.81. The lowest BCUT2D eigenvalue weighted by atomic mass is 10.3. The maximum absolute atomic E-state index is 7.05. The van der Waals surface area contributed by atoms with Crippen molar-refractivity contribution in [2.24, 2.45) is 0 Å². The summed E-state index contributed by atoms with van der Waals surface area (Å²) in [6.07, 6.45) is 0. The van der Waals surface area contributed by atoms with Crippen LogP contribution in [0.3, 0.4) is 0 Å². The van der Waals surface area contributed by atoms with Gasteiger partial charge in [0.15, 0.2) is 0 Å². The first-order chi connectivity index (χ1) is 6.77. The van der Waals surface area contributed by atoms with Gasteiger partial charge in [0.05, 0.1) is 35.1 Å². The summed E-state index contributed by atoms with van der Waals surface area (Å²) in [6, 6.07) is 0. The minimum absolute atomic E-state index is 0.357. The van der Waals surface area contributed by atoms with Gasteiger partial charge in [0.1, 0.15) is 0 Å². The van der Waals surface area contributed by atoms with Crippen LogP contribution in [0.4, 0.5) is 5.69 Å². The van der Waals surface area contributed by atoms with Crippen LogP contribution in [-0.2, 0) is 0 Å². The summed E-state index contributed by atoms with van der Waals surface area (Å²) in [4.78, 5) is 11.7. The molecule has 0 N–H and O–H groups in total. The van der Waals surface area contributed by atoms with Crippen LogP contribution in [0.2, 0.25) is 0 Å². The Hall–Kier alpha value is -1.67. The minimum atomic E-state index is 0.357. The molecular weight excluding hydrogens is 198 g/mol. The third kappa shape index (κ3) is 1.12. The van der Waals surface area contributed by atoms with Gasteiger partial charge in [-0.3, -0.25) is 4.98 Å². The molecule has 5 heteroatoms. The fourth-order valence-electron chi connectivity index (χ4n) is 1.27. The van der Waals surface area contributed by atoms with Gasteiger partial charge in [0.2, 0.25) is 5.88 Å². The number of fused-ring (bicyclic) bond motifs is 1. The Labute approximate surface area is 85.0 Å². The number of aryl methyl sites for hydroxylation is 1. The Kier molecular flexibility index (Phi) is 2.06. The molecule has 0 saturated carbocycles. The van der Waals surface area contributed by atoms with Gasteiger partial charge in [0, 0.05) is 0 Å². The Morgan fingerprint density at radius 2 is 2.36 bits per heavy atom. The summed E-state index contributed by atoms with van der Waals surface area (Å²) in [5, 5.41) is 0. The summed E-state index contributed by atoms with van der Waals surface area (Å²) in [5.41, 5.74) is 3.66. The molecule has 0 radical (unpaired) electrons. The third-order valence-corrected chi connectivity index (χ3v) is 2.83. The van der Waals surface area contributed by atoms with E-state index in [0.29, 0.717) is 17.1 Å². The lowest BCUT2D eigenvalue weighted by Crippen LogP contribution is -1.90. The standard InChI is InChI=1S/C9H7N3OS/c1-5-8-6(11-4-14-8)7(10-2)9(12-5)13-3/h4H,1,3H3. The van der Waals surface area contributed by atoms with E-state index in [-0.39, 0.29) is 0 Å². The van der Waals surface area contributed by atoms with Gasteiger partial charge in [-0.2, -0.15) is 0 Å². The highest BCUT2D eigenvalue weighted by atomic mass is 32.1. The van der Waals surface area contributed by atoms with Crippen LogP contribution < -0.4 is 4.74 Å². The molecule has 0 unspecified atom stereocenters. The Balaban J connectivity index is 2.91. The summed E-state index contributed by atoms with van der Waals surface area (Å²) in [5.74, 6) is 0.357. The van der Waals surface area contributed by atoms with Gasteiger partial charge < -0.3 is 4.74 Å². The van der Waals surface area contributed by atoms with E-state index < -0.39 is 0 Å². The normalized spacial score (nSPS) is 10.1. The smallest absolute Gasteiger partial charge is 0.273 e. The van der Waals surface area contributed by atoms with Gasteiger partial charge in [-0.1, -0.05) is 0 Å². The number of thiazole rings is 1. The van der Waals surface area contributed by atoms with Crippen molar-refractivity contribution >= 4 is 27.2 Å². The molecule has 0 amide bonds. The van der Waals surface area contributed by atoms with Gasteiger partial charge in [-0.25, -0.2) is 9.83 Å². The lowest BCUT2D eigenvalue weighted by molar-refractivity contribution is 0.400.